The summed E-state index contributed by atoms with van der Waals surface area (Å²) in [6.45, 7) is 4.72. The number of hydrogen-bond acceptors (Lipinski definition) is 2. The molecule has 1 aliphatic carbocycles. The van der Waals surface area contributed by atoms with Crippen LogP contribution in [0.1, 0.15) is 25.0 Å². The molecule has 0 aliphatic heterocycles. The maximum absolute atomic E-state index is 6.96. The van der Waals surface area contributed by atoms with Gasteiger partial charge in [0.15, 0.2) is 0 Å². The summed E-state index contributed by atoms with van der Waals surface area (Å²) >= 11 is 0. The van der Waals surface area contributed by atoms with Crippen LogP contribution in [0.2, 0.25) is 0 Å². The normalized spacial score (nSPS) is 12.9. The first-order valence-electron chi connectivity index (χ1n) is 22.6. The summed E-state index contributed by atoms with van der Waals surface area (Å²) in [6, 6.07) is 82.1. The van der Waals surface area contributed by atoms with Crippen LogP contribution in [-0.4, -0.2) is 0 Å². The number of benzene rings is 11. The molecule has 0 fully saturated rings. The summed E-state index contributed by atoms with van der Waals surface area (Å²) in [5.74, 6) is 0. The molecule has 2 nitrogen and oxygen atoms in total. The molecular formula is C63H43NO. The lowest BCUT2D eigenvalue weighted by Gasteiger charge is -2.29. The number of hydrogen-bond donors (Lipinski definition) is 0. The first kappa shape index (κ1) is 37.4. The highest BCUT2D eigenvalue weighted by atomic mass is 16.3. The standard InChI is InChI=1S/C63H43NO/c1-63(2)57-28-16-15-24-49(57)50-34-33-44(37-58(50)63)64(43-31-29-41(30-32-43)40-17-5-3-6-18-40)59-36-35-48(45-21-9-12-25-51(45)59)55-38-56-60(39-54(55)42-19-7-4-8-20-42)65-62-53-27-14-11-23-47(53)46-22-10-13-26-52(46)61(56)62/h3-39H,1-2H3. The first-order chi connectivity index (χ1) is 32.0. The van der Waals surface area contributed by atoms with Crippen molar-refractivity contribution in [2.75, 3.05) is 4.90 Å². The average Bonchev–Trinajstić information content (AvgIpc) is 3.86. The largest absolute Gasteiger partial charge is 0.455 e. The van der Waals surface area contributed by atoms with Crippen molar-refractivity contribution >= 4 is 71.3 Å². The van der Waals surface area contributed by atoms with Gasteiger partial charge in [-0.2, -0.15) is 0 Å². The van der Waals surface area contributed by atoms with Crippen LogP contribution in [0.5, 0.6) is 0 Å². The Labute approximate surface area is 378 Å². The molecule has 0 amide bonds. The summed E-state index contributed by atoms with van der Waals surface area (Å²) in [6.07, 6.45) is 0. The summed E-state index contributed by atoms with van der Waals surface area (Å²) in [5.41, 5.74) is 17.4. The lowest BCUT2D eigenvalue weighted by Crippen LogP contribution is -2.16. The number of furan rings is 1. The van der Waals surface area contributed by atoms with Crippen molar-refractivity contribution in [3.63, 3.8) is 0 Å². The third-order valence-corrected chi connectivity index (χ3v) is 14.1. The zero-order valence-electron chi connectivity index (χ0n) is 36.2. The molecule has 0 spiro atoms. The maximum Gasteiger partial charge on any atom is 0.143 e. The summed E-state index contributed by atoms with van der Waals surface area (Å²) in [4.78, 5) is 2.46. The summed E-state index contributed by atoms with van der Waals surface area (Å²) in [7, 11) is 0. The van der Waals surface area contributed by atoms with Crippen molar-refractivity contribution in [3.8, 4) is 44.5 Å². The smallest absolute Gasteiger partial charge is 0.143 e. The van der Waals surface area contributed by atoms with E-state index in [9.17, 15) is 0 Å². The molecule has 0 N–H and O–H groups in total. The fourth-order valence-electron chi connectivity index (χ4n) is 10.9. The van der Waals surface area contributed by atoms with E-state index in [2.05, 4.69) is 243 Å². The Balaban J connectivity index is 1.06. The molecule has 0 saturated carbocycles. The molecule has 1 aromatic heterocycles. The zero-order valence-corrected chi connectivity index (χ0v) is 36.2. The van der Waals surface area contributed by atoms with Gasteiger partial charge in [-0.05, 0) is 120 Å². The van der Waals surface area contributed by atoms with E-state index in [0.717, 1.165) is 55.5 Å². The van der Waals surface area contributed by atoms with Crippen molar-refractivity contribution in [3.05, 3.63) is 236 Å². The highest BCUT2D eigenvalue weighted by molar-refractivity contribution is 6.31. The van der Waals surface area contributed by atoms with Gasteiger partial charge in [-0.25, -0.2) is 0 Å². The van der Waals surface area contributed by atoms with Gasteiger partial charge < -0.3 is 9.32 Å². The van der Waals surface area contributed by atoms with Crippen LogP contribution in [0.15, 0.2) is 229 Å². The van der Waals surface area contributed by atoms with E-state index in [1.807, 2.05) is 0 Å². The lowest BCUT2D eigenvalue weighted by molar-refractivity contribution is 0.660. The SMILES string of the molecule is CC1(C)c2ccccc2-c2ccc(N(c3ccc(-c4ccccc4)cc3)c3ccc(-c4cc5c(cc4-c4ccccc4)oc4c6ccccc6c6ccccc6c54)c4ccccc34)cc21. The van der Waals surface area contributed by atoms with Gasteiger partial charge in [0.1, 0.15) is 11.2 Å². The van der Waals surface area contributed by atoms with Gasteiger partial charge in [0, 0.05) is 38.3 Å². The van der Waals surface area contributed by atoms with E-state index >= 15 is 0 Å². The fraction of sp³-hybridized carbons (Fsp3) is 0.0476. The van der Waals surface area contributed by atoms with E-state index in [1.165, 1.54) is 71.4 Å². The van der Waals surface area contributed by atoms with Gasteiger partial charge in [0.25, 0.3) is 0 Å². The number of nitrogens with zero attached hydrogens (tertiary/aromatic N) is 1. The average molecular weight is 830 g/mol. The van der Waals surface area contributed by atoms with Crippen LogP contribution < -0.4 is 4.90 Å². The molecule has 0 saturated heterocycles. The van der Waals surface area contributed by atoms with Crippen LogP contribution >= 0.6 is 0 Å². The maximum atomic E-state index is 6.96. The Kier molecular flexibility index (Phi) is 8.29. The van der Waals surface area contributed by atoms with Gasteiger partial charge in [-0.3, -0.25) is 0 Å². The summed E-state index contributed by atoms with van der Waals surface area (Å²) < 4.78 is 6.96. The molecule has 13 rings (SSSR count). The van der Waals surface area contributed by atoms with Crippen LogP contribution in [0.4, 0.5) is 17.1 Å². The molecule has 65 heavy (non-hydrogen) atoms. The summed E-state index contributed by atoms with van der Waals surface area (Å²) in [5, 5.41) is 9.40. The predicted molar refractivity (Wildman–Crippen MR) is 275 cm³/mol. The zero-order chi connectivity index (χ0) is 43.2. The van der Waals surface area contributed by atoms with Gasteiger partial charge in [0.2, 0.25) is 0 Å². The molecule has 2 heteroatoms. The van der Waals surface area contributed by atoms with E-state index in [1.54, 1.807) is 0 Å². The minimum atomic E-state index is -0.141. The monoisotopic (exact) mass is 829 g/mol. The Morgan fingerprint density at radius 3 is 1.65 bits per heavy atom. The van der Waals surface area contributed by atoms with E-state index < -0.39 is 0 Å². The van der Waals surface area contributed by atoms with Gasteiger partial charge in [-0.15, -0.1) is 0 Å². The van der Waals surface area contributed by atoms with Crippen LogP contribution in [0.3, 0.4) is 0 Å². The Morgan fingerprint density at radius 1 is 0.338 bits per heavy atom. The first-order valence-corrected chi connectivity index (χ1v) is 22.6. The quantitative estimate of drug-likeness (QED) is 0.155. The number of rotatable bonds is 6. The molecule has 0 unspecified atom stereocenters. The second-order valence-corrected chi connectivity index (χ2v) is 18.0. The Bertz CT molecular complexity index is 3840. The van der Waals surface area contributed by atoms with E-state index in [4.69, 9.17) is 4.42 Å². The topological polar surface area (TPSA) is 16.4 Å². The van der Waals surface area contributed by atoms with Crippen LogP contribution in [-0.2, 0) is 5.41 Å². The molecule has 0 bridgehead atoms. The molecular weight excluding hydrogens is 787 g/mol. The third kappa shape index (κ3) is 5.74. The highest BCUT2D eigenvalue weighted by Gasteiger charge is 2.36. The van der Waals surface area contributed by atoms with Crippen LogP contribution in [0.25, 0.3) is 98.8 Å². The molecule has 0 atom stereocenters. The third-order valence-electron chi connectivity index (χ3n) is 14.1. The molecule has 306 valence electrons. The van der Waals surface area contributed by atoms with Crippen molar-refractivity contribution in [2.45, 2.75) is 19.3 Å². The van der Waals surface area contributed by atoms with Crippen LogP contribution in [0, 0.1) is 0 Å². The predicted octanol–water partition coefficient (Wildman–Crippen LogP) is 17.8. The molecule has 12 aromatic rings. The fourth-order valence-corrected chi connectivity index (χ4v) is 10.9. The van der Waals surface area contributed by atoms with Crippen molar-refractivity contribution < 1.29 is 4.42 Å². The van der Waals surface area contributed by atoms with E-state index in [0.29, 0.717) is 0 Å². The number of anilines is 3. The Hall–Kier alpha value is -8.20. The Morgan fingerprint density at radius 2 is 0.892 bits per heavy atom. The van der Waals surface area contributed by atoms with Gasteiger partial charge in [-0.1, -0.05) is 196 Å². The van der Waals surface area contributed by atoms with Crippen molar-refractivity contribution in [2.24, 2.45) is 0 Å². The molecule has 0 radical (unpaired) electrons. The lowest BCUT2D eigenvalue weighted by atomic mass is 9.82. The molecule has 1 heterocycles. The van der Waals surface area contributed by atoms with Crippen molar-refractivity contribution in [1.82, 2.24) is 0 Å². The minimum Gasteiger partial charge on any atom is -0.455 e. The number of fused-ring (bicyclic) bond motifs is 12. The molecule has 1 aliphatic rings. The van der Waals surface area contributed by atoms with Gasteiger partial charge in [0.05, 0.1) is 5.69 Å². The van der Waals surface area contributed by atoms with Gasteiger partial charge >= 0.3 is 0 Å². The minimum absolute atomic E-state index is 0.141. The molecule has 11 aromatic carbocycles. The van der Waals surface area contributed by atoms with Crippen molar-refractivity contribution in [1.29, 1.82) is 0 Å². The second kappa shape index (κ2) is 14.4. The van der Waals surface area contributed by atoms with E-state index in [-0.39, 0.29) is 5.41 Å². The second-order valence-electron chi connectivity index (χ2n) is 18.0. The highest BCUT2D eigenvalue weighted by Crippen LogP contribution is 2.52.